The molecule has 0 aliphatic heterocycles. The number of rotatable bonds is 3. The second kappa shape index (κ2) is 6.84. The van der Waals surface area contributed by atoms with Crippen LogP contribution in [0, 0.1) is 11.8 Å². The third-order valence-electron chi connectivity index (χ3n) is 1.70. The Kier molecular flexibility index (Phi) is 5.43. The van der Waals surface area contributed by atoms with Crippen LogP contribution in [0.1, 0.15) is 12.0 Å². The Morgan fingerprint density at radius 3 is 2.83 bits per heavy atom. The molecular weight excluding hydrogens is 263 g/mol. The molecule has 1 aromatic rings. The van der Waals surface area contributed by atoms with Crippen LogP contribution < -0.4 is 0 Å². The van der Waals surface area contributed by atoms with Crippen molar-refractivity contribution in [3.05, 3.63) is 40.3 Å². The summed E-state index contributed by atoms with van der Waals surface area (Å²) in [6, 6.07) is 5.90. The highest BCUT2D eigenvalue weighted by atomic mass is 32.2. The zero-order chi connectivity index (χ0) is 13.4. The summed E-state index contributed by atoms with van der Waals surface area (Å²) in [7, 11) is 0. The Hall–Kier alpha value is -1.77. The molecule has 3 nitrogen and oxygen atoms in total. The minimum atomic E-state index is -4.30. The van der Waals surface area contributed by atoms with E-state index in [4.69, 9.17) is 5.53 Å². The second-order valence-corrected chi connectivity index (χ2v) is 4.22. The number of thioether (sulfide) groups is 1. The van der Waals surface area contributed by atoms with E-state index < -0.39 is 5.51 Å². The van der Waals surface area contributed by atoms with Crippen molar-refractivity contribution in [2.75, 3.05) is 6.54 Å². The van der Waals surface area contributed by atoms with Gasteiger partial charge in [0.25, 0.3) is 0 Å². The van der Waals surface area contributed by atoms with Crippen molar-refractivity contribution in [3.8, 4) is 11.8 Å². The van der Waals surface area contributed by atoms with Gasteiger partial charge in [-0.1, -0.05) is 23.0 Å². The summed E-state index contributed by atoms with van der Waals surface area (Å²) in [5, 5.41) is 3.29. The predicted octanol–water partition coefficient (Wildman–Crippen LogP) is 4.35. The number of hydrogen-bond acceptors (Lipinski definition) is 2. The molecule has 0 spiro atoms. The van der Waals surface area contributed by atoms with Crippen LogP contribution in [0.2, 0.25) is 0 Å². The van der Waals surface area contributed by atoms with Gasteiger partial charge in [-0.25, -0.2) is 0 Å². The maximum Gasteiger partial charge on any atom is 0.446 e. The summed E-state index contributed by atoms with van der Waals surface area (Å²) in [5.74, 6) is 5.44. The molecule has 0 amide bonds. The van der Waals surface area contributed by atoms with Crippen LogP contribution in [0.25, 0.3) is 10.4 Å². The van der Waals surface area contributed by atoms with Crippen molar-refractivity contribution in [3.63, 3.8) is 0 Å². The van der Waals surface area contributed by atoms with Gasteiger partial charge in [-0.3, -0.25) is 0 Å². The molecule has 1 aromatic carbocycles. The van der Waals surface area contributed by atoms with Gasteiger partial charge in [0.1, 0.15) is 0 Å². The third-order valence-corrected chi connectivity index (χ3v) is 2.42. The average molecular weight is 271 g/mol. The van der Waals surface area contributed by atoms with Crippen LogP contribution in [0.3, 0.4) is 0 Å². The number of halogens is 3. The molecule has 0 aromatic heterocycles. The van der Waals surface area contributed by atoms with E-state index in [1.165, 1.54) is 18.2 Å². The predicted molar refractivity (Wildman–Crippen MR) is 63.9 cm³/mol. The highest BCUT2D eigenvalue weighted by Crippen LogP contribution is 2.36. The topological polar surface area (TPSA) is 48.8 Å². The van der Waals surface area contributed by atoms with Crippen LogP contribution in [0.5, 0.6) is 0 Å². The highest BCUT2D eigenvalue weighted by Gasteiger charge is 2.29. The van der Waals surface area contributed by atoms with Crippen LogP contribution in [-0.2, 0) is 0 Å². The molecule has 7 heteroatoms. The SMILES string of the molecule is [N-]=[N+]=NCCC#Cc1cccc(SC(F)(F)F)c1. The Balaban J connectivity index is 2.67. The van der Waals surface area contributed by atoms with E-state index in [1.807, 2.05) is 0 Å². The molecular formula is C11H8F3N3S. The van der Waals surface area contributed by atoms with E-state index in [-0.39, 0.29) is 23.2 Å². The number of nitrogens with zero attached hydrogens (tertiary/aromatic N) is 3. The minimum Gasteiger partial charge on any atom is -0.160 e. The van der Waals surface area contributed by atoms with Crippen LogP contribution in [-0.4, -0.2) is 12.1 Å². The first kappa shape index (κ1) is 14.3. The highest BCUT2D eigenvalue weighted by molar-refractivity contribution is 8.00. The van der Waals surface area contributed by atoms with Gasteiger partial charge < -0.3 is 0 Å². The number of azide groups is 1. The van der Waals surface area contributed by atoms with Gasteiger partial charge in [-0.15, -0.1) is 0 Å². The van der Waals surface area contributed by atoms with Crippen LogP contribution >= 0.6 is 11.8 Å². The zero-order valence-electron chi connectivity index (χ0n) is 9.11. The maximum absolute atomic E-state index is 12.1. The van der Waals surface area contributed by atoms with Gasteiger partial charge in [0, 0.05) is 28.3 Å². The Bertz CT molecular complexity index is 510. The molecule has 0 unspecified atom stereocenters. The molecule has 18 heavy (non-hydrogen) atoms. The number of benzene rings is 1. The van der Waals surface area contributed by atoms with Gasteiger partial charge in [0.15, 0.2) is 0 Å². The van der Waals surface area contributed by atoms with Crippen LogP contribution in [0.15, 0.2) is 34.3 Å². The van der Waals surface area contributed by atoms with E-state index in [1.54, 1.807) is 6.07 Å². The summed E-state index contributed by atoms with van der Waals surface area (Å²) in [6.07, 6.45) is 0.376. The molecule has 94 valence electrons. The summed E-state index contributed by atoms with van der Waals surface area (Å²) in [6.45, 7) is 0.250. The lowest BCUT2D eigenvalue weighted by atomic mass is 10.2. The van der Waals surface area contributed by atoms with Crippen molar-refractivity contribution in [2.45, 2.75) is 16.8 Å². The van der Waals surface area contributed by atoms with E-state index in [2.05, 4.69) is 21.9 Å². The van der Waals surface area contributed by atoms with E-state index in [0.717, 1.165) is 0 Å². The van der Waals surface area contributed by atoms with E-state index in [0.29, 0.717) is 12.0 Å². The molecule has 0 bridgehead atoms. The molecule has 0 heterocycles. The Labute approximate surface area is 106 Å². The lowest BCUT2D eigenvalue weighted by molar-refractivity contribution is -0.0328. The normalized spacial score (nSPS) is 10.2. The molecule has 0 saturated heterocycles. The molecule has 0 radical (unpaired) electrons. The first-order valence-corrected chi connectivity index (χ1v) is 5.68. The van der Waals surface area contributed by atoms with Gasteiger partial charge in [0.2, 0.25) is 0 Å². The smallest absolute Gasteiger partial charge is 0.160 e. The van der Waals surface area contributed by atoms with Crippen molar-refractivity contribution >= 4 is 11.8 Å². The zero-order valence-corrected chi connectivity index (χ0v) is 9.92. The van der Waals surface area contributed by atoms with Crippen molar-refractivity contribution in [2.24, 2.45) is 5.11 Å². The number of alkyl halides is 3. The van der Waals surface area contributed by atoms with Crippen molar-refractivity contribution in [1.29, 1.82) is 0 Å². The van der Waals surface area contributed by atoms with Gasteiger partial charge >= 0.3 is 5.51 Å². The molecule has 0 N–H and O–H groups in total. The molecule has 0 atom stereocenters. The molecule has 0 aliphatic carbocycles. The lowest BCUT2D eigenvalue weighted by Crippen LogP contribution is -1.98. The number of hydrogen-bond donors (Lipinski definition) is 0. The first-order chi connectivity index (χ1) is 8.51. The fourth-order valence-electron chi connectivity index (χ4n) is 1.09. The monoisotopic (exact) mass is 271 g/mol. The average Bonchev–Trinajstić information content (AvgIpc) is 2.27. The van der Waals surface area contributed by atoms with Crippen LogP contribution in [0.4, 0.5) is 13.2 Å². The standard InChI is InChI=1S/C11H8F3N3S/c12-11(13,14)18-10-6-3-5-9(8-10)4-1-2-7-16-17-15/h3,5-6,8H,2,7H2. The summed E-state index contributed by atoms with van der Waals surface area (Å²) >= 11 is -0.172. The second-order valence-electron chi connectivity index (χ2n) is 3.08. The van der Waals surface area contributed by atoms with Crippen molar-refractivity contribution in [1.82, 2.24) is 0 Å². The molecule has 0 saturated carbocycles. The Morgan fingerprint density at radius 2 is 2.17 bits per heavy atom. The largest absolute Gasteiger partial charge is 0.446 e. The molecule has 0 fully saturated rings. The van der Waals surface area contributed by atoms with Gasteiger partial charge in [-0.05, 0) is 35.5 Å². The molecule has 1 rings (SSSR count). The maximum atomic E-state index is 12.1. The summed E-state index contributed by atoms with van der Waals surface area (Å²) in [4.78, 5) is 2.66. The van der Waals surface area contributed by atoms with E-state index >= 15 is 0 Å². The summed E-state index contributed by atoms with van der Waals surface area (Å²) < 4.78 is 36.4. The molecule has 0 aliphatic rings. The Morgan fingerprint density at radius 1 is 1.39 bits per heavy atom. The quantitative estimate of drug-likeness (QED) is 0.201. The van der Waals surface area contributed by atoms with E-state index in [9.17, 15) is 13.2 Å². The van der Waals surface area contributed by atoms with Gasteiger partial charge in [0.05, 0.1) is 0 Å². The lowest BCUT2D eigenvalue weighted by Gasteiger charge is -2.05. The summed E-state index contributed by atoms with van der Waals surface area (Å²) in [5.41, 5.74) is 4.23. The third kappa shape index (κ3) is 6.09. The first-order valence-electron chi connectivity index (χ1n) is 4.87. The fourth-order valence-corrected chi connectivity index (χ4v) is 1.69. The van der Waals surface area contributed by atoms with Gasteiger partial charge in [-0.2, -0.15) is 13.2 Å². The fraction of sp³-hybridized carbons (Fsp3) is 0.273. The minimum absolute atomic E-state index is 0.101. The van der Waals surface area contributed by atoms with Crippen molar-refractivity contribution < 1.29 is 13.2 Å².